The summed E-state index contributed by atoms with van der Waals surface area (Å²) in [6.45, 7) is 4.02. The van der Waals surface area contributed by atoms with Gasteiger partial charge < -0.3 is 14.6 Å². The van der Waals surface area contributed by atoms with Crippen molar-refractivity contribution in [3.8, 4) is 11.6 Å². The van der Waals surface area contributed by atoms with Gasteiger partial charge >= 0.3 is 0 Å². The Hall–Kier alpha value is -1.73. The maximum absolute atomic E-state index is 11.2. The molecule has 2 aromatic heterocycles. The zero-order valence-corrected chi connectivity index (χ0v) is 16.0. The second-order valence-corrected chi connectivity index (χ2v) is 7.79. The summed E-state index contributed by atoms with van der Waals surface area (Å²) in [6, 6.07) is 9.43. The van der Waals surface area contributed by atoms with E-state index in [9.17, 15) is 5.11 Å². The largest absolute Gasteiger partial charge is 0.437 e. The first kappa shape index (κ1) is 17.7. The van der Waals surface area contributed by atoms with Crippen molar-refractivity contribution >= 4 is 33.2 Å². The number of ether oxygens (including phenoxy) is 2. The molecule has 1 saturated heterocycles. The molecule has 1 aromatic carbocycles. The van der Waals surface area contributed by atoms with E-state index < -0.39 is 11.2 Å². The van der Waals surface area contributed by atoms with E-state index in [1.54, 1.807) is 0 Å². The summed E-state index contributed by atoms with van der Waals surface area (Å²) in [5.74, 6) is -0.403. The third-order valence-electron chi connectivity index (χ3n) is 4.82. The molecular formula is C19H19ClN2O3S. The van der Waals surface area contributed by atoms with Gasteiger partial charge in [-0.1, -0.05) is 32.0 Å². The van der Waals surface area contributed by atoms with E-state index in [1.807, 2.05) is 49.6 Å². The number of thiophene rings is 1. The maximum atomic E-state index is 11.2. The second-order valence-electron chi connectivity index (χ2n) is 6.44. The Labute approximate surface area is 160 Å². The molecule has 1 unspecified atom stereocenters. The molecule has 4 rings (SSSR count). The minimum atomic E-state index is -1.57. The number of rotatable bonds is 4. The van der Waals surface area contributed by atoms with Crippen LogP contribution in [0.4, 0.5) is 0 Å². The molecule has 0 bridgehead atoms. The van der Waals surface area contributed by atoms with E-state index in [4.69, 9.17) is 21.1 Å². The van der Waals surface area contributed by atoms with Crippen LogP contribution in [0.3, 0.4) is 0 Å². The van der Waals surface area contributed by atoms with Crippen molar-refractivity contribution in [1.82, 2.24) is 9.97 Å². The average molecular weight is 391 g/mol. The lowest BCUT2D eigenvalue weighted by atomic mass is 9.95. The highest BCUT2D eigenvalue weighted by molar-refractivity contribution is 7.17. The summed E-state index contributed by atoms with van der Waals surface area (Å²) in [5, 5.41) is 12.5. The fourth-order valence-electron chi connectivity index (χ4n) is 3.37. The van der Waals surface area contributed by atoms with Crippen molar-refractivity contribution in [3.63, 3.8) is 0 Å². The number of nitrogens with zero attached hydrogens (tertiary/aromatic N) is 2. The summed E-state index contributed by atoms with van der Waals surface area (Å²) < 4.78 is 12.6. The molecule has 0 amide bonds. The van der Waals surface area contributed by atoms with Crippen LogP contribution >= 0.6 is 22.9 Å². The van der Waals surface area contributed by atoms with Crippen LogP contribution in [0.25, 0.3) is 10.2 Å². The monoisotopic (exact) mass is 390 g/mol. The van der Waals surface area contributed by atoms with Crippen molar-refractivity contribution in [2.24, 2.45) is 5.92 Å². The van der Waals surface area contributed by atoms with Gasteiger partial charge in [-0.05, 0) is 18.6 Å². The Balaban J connectivity index is 1.76. The standard InChI is InChI=1S/C19H19ClN2O3S/c1-3-14-11(2)17(20)19(23,25-14)13-9-26-16-15(13)21-10-22-18(16)24-12-7-5-4-6-8-12/h4-11,14,17,23H,3H2,1-2H3/t11-,14-,17-,19?/m1/s1. The molecule has 3 aromatic rings. The molecule has 1 fully saturated rings. The number of para-hydroxylation sites is 1. The first-order valence-corrected chi connectivity index (χ1v) is 9.86. The smallest absolute Gasteiger partial charge is 0.240 e. The number of fused-ring (bicyclic) bond motifs is 1. The van der Waals surface area contributed by atoms with Gasteiger partial charge in [-0.3, -0.25) is 0 Å². The van der Waals surface area contributed by atoms with Crippen LogP contribution in [0, 0.1) is 5.92 Å². The Morgan fingerprint density at radius 3 is 2.77 bits per heavy atom. The van der Waals surface area contributed by atoms with E-state index >= 15 is 0 Å². The van der Waals surface area contributed by atoms with Crippen LogP contribution in [0.5, 0.6) is 11.6 Å². The molecule has 1 N–H and O–H groups in total. The van der Waals surface area contributed by atoms with E-state index in [1.165, 1.54) is 17.7 Å². The van der Waals surface area contributed by atoms with Crippen molar-refractivity contribution in [2.75, 3.05) is 0 Å². The normalized spacial score (nSPS) is 28.5. The minimum Gasteiger partial charge on any atom is -0.437 e. The Kier molecular flexibility index (Phi) is 4.61. The lowest BCUT2D eigenvalue weighted by Crippen LogP contribution is -2.34. The summed E-state index contributed by atoms with van der Waals surface area (Å²) in [6.07, 6.45) is 2.12. The fraction of sp³-hybridized carbons (Fsp3) is 0.368. The molecule has 136 valence electrons. The van der Waals surface area contributed by atoms with Crippen LogP contribution in [0.15, 0.2) is 42.0 Å². The summed E-state index contributed by atoms with van der Waals surface area (Å²) in [5.41, 5.74) is 1.17. The highest BCUT2D eigenvalue weighted by atomic mass is 35.5. The number of aliphatic hydroxyl groups is 1. The predicted molar refractivity (Wildman–Crippen MR) is 102 cm³/mol. The number of hydrogen-bond donors (Lipinski definition) is 1. The number of alkyl halides is 1. The molecule has 5 nitrogen and oxygen atoms in total. The molecular weight excluding hydrogens is 372 g/mol. The van der Waals surface area contributed by atoms with E-state index in [-0.39, 0.29) is 12.0 Å². The third kappa shape index (κ3) is 2.77. The van der Waals surface area contributed by atoms with E-state index in [0.29, 0.717) is 22.7 Å². The molecule has 1 aliphatic rings. The van der Waals surface area contributed by atoms with Gasteiger partial charge in [0.05, 0.1) is 17.0 Å². The molecule has 0 saturated carbocycles. The van der Waals surface area contributed by atoms with Crippen molar-refractivity contribution in [1.29, 1.82) is 0 Å². The van der Waals surface area contributed by atoms with Gasteiger partial charge in [-0.25, -0.2) is 9.97 Å². The number of hydrogen-bond acceptors (Lipinski definition) is 6. The van der Waals surface area contributed by atoms with Gasteiger partial charge in [0.25, 0.3) is 0 Å². The summed E-state index contributed by atoms with van der Waals surface area (Å²) in [4.78, 5) is 8.62. The van der Waals surface area contributed by atoms with Gasteiger partial charge in [0.1, 0.15) is 16.8 Å². The van der Waals surface area contributed by atoms with Crippen LogP contribution in [-0.2, 0) is 10.5 Å². The zero-order valence-electron chi connectivity index (χ0n) is 14.4. The molecule has 0 radical (unpaired) electrons. The van der Waals surface area contributed by atoms with Crippen LogP contribution in [0.1, 0.15) is 25.8 Å². The Bertz CT molecular complexity index is 920. The van der Waals surface area contributed by atoms with Gasteiger partial charge in [-0.2, -0.15) is 0 Å². The summed E-state index contributed by atoms with van der Waals surface area (Å²) >= 11 is 7.97. The molecule has 0 aliphatic carbocycles. The number of halogens is 1. The second kappa shape index (κ2) is 6.78. The number of benzene rings is 1. The molecule has 1 aliphatic heterocycles. The van der Waals surface area contributed by atoms with E-state index in [0.717, 1.165) is 11.1 Å². The first-order chi connectivity index (χ1) is 12.5. The Morgan fingerprint density at radius 2 is 2.08 bits per heavy atom. The fourth-order valence-corrected chi connectivity index (χ4v) is 4.69. The van der Waals surface area contributed by atoms with Crippen LogP contribution < -0.4 is 4.74 Å². The highest BCUT2D eigenvalue weighted by Crippen LogP contribution is 2.48. The van der Waals surface area contributed by atoms with Crippen LogP contribution in [0.2, 0.25) is 0 Å². The third-order valence-corrected chi connectivity index (χ3v) is 6.47. The van der Waals surface area contributed by atoms with Crippen LogP contribution in [-0.4, -0.2) is 26.6 Å². The molecule has 4 atom stereocenters. The lowest BCUT2D eigenvalue weighted by molar-refractivity contribution is -0.198. The lowest BCUT2D eigenvalue weighted by Gasteiger charge is -2.25. The molecule has 7 heteroatoms. The zero-order chi connectivity index (χ0) is 18.3. The van der Waals surface area contributed by atoms with Gasteiger partial charge in [0.2, 0.25) is 11.7 Å². The molecule has 3 heterocycles. The summed E-state index contributed by atoms with van der Waals surface area (Å²) in [7, 11) is 0. The minimum absolute atomic E-state index is 0.0310. The van der Waals surface area contributed by atoms with Crippen molar-refractivity contribution < 1.29 is 14.6 Å². The molecule has 26 heavy (non-hydrogen) atoms. The average Bonchev–Trinajstić information content (AvgIpc) is 3.19. The van der Waals surface area contributed by atoms with Gasteiger partial charge in [0, 0.05) is 16.9 Å². The predicted octanol–water partition coefficient (Wildman–Crippen LogP) is 4.68. The van der Waals surface area contributed by atoms with Gasteiger partial charge in [0.15, 0.2) is 0 Å². The SMILES string of the molecule is CC[C@H]1OC(O)(c2csc3c(Oc4ccccc4)ncnc23)[C@H](Cl)[C@@H]1C. The first-order valence-electron chi connectivity index (χ1n) is 8.54. The van der Waals surface area contributed by atoms with Gasteiger partial charge in [-0.15, -0.1) is 22.9 Å². The topological polar surface area (TPSA) is 64.5 Å². The highest BCUT2D eigenvalue weighted by Gasteiger charge is 2.53. The Morgan fingerprint density at radius 1 is 1.31 bits per heavy atom. The van der Waals surface area contributed by atoms with Crippen molar-refractivity contribution in [2.45, 2.75) is 37.5 Å². The number of aromatic nitrogens is 2. The maximum Gasteiger partial charge on any atom is 0.240 e. The molecule has 0 spiro atoms. The van der Waals surface area contributed by atoms with E-state index in [2.05, 4.69) is 9.97 Å². The quantitative estimate of drug-likeness (QED) is 0.655. The van der Waals surface area contributed by atoms with Crippen molar-refractivity contribution in [3.05, 3.63) is 47.6 Å².